The normalized spacial score (nSPS) is 10.6. The Balaban J connectivity index is 1.87. The predicted octanol–water partition coefficient (Wildman–Crippen LogP) is 3.65. The Morgan fingerprint density at radius 1 is 1.14 bits per heavy atom. The molecule has 29 heavy (non-hydrogen) atoms. The SMILES string of the molecule is CCOc1ccc(NC(=O)Cn2c(-c3cccc(F)c3)nc(CC)cc2=O)cc1. The number of amides is 1. The van der Waals surface area contributed by atoms with Crippen molar-refractivity contribution >= 4 is 11.6 Å². The van der Waals surface area contributed by atoms with E-state index < -0.39 is 5.82 Å². The van der Waals surface area contributed by atoms with Gasteiger partial charge in [-0.3, -0.25) is 14.2 Å². The number of anilines is 1. The number of aromatic nitrogens is 2. The van der Waals surface area contributed by atoms with Crippen molar-refractivity contribution in [2.24, 2.45) is 0 Å². The van der Waals surface area contributed by atoms with Gasteiger partial charge in [-0.2, -0.15) is 0 Å². The van der Waals surface area contributed by atoms with Crippen LogP contribution >= 0.6 is 0 Å². The highest BCUT2D eigenvalue weighted by atomic mass is 19.1. The van der Waals surface area contributed by atoms with Crippen molar-refractivity contribution in [2.45, 2.75) is 26.8 Å². The molecule has 6 nitrogen and oxygen atoms in total. The first-order valence-corrected chi connectivity index (χ1v) is 9.39. The maximum Gasteiger partial charge on any atom is 0.254 e. The first-order valence-electron chi connectivity index (χ1n) is 9.39. The van der Waals surface area contributed by atoms with Gasteiger partial charge in [-0.1, -0.05) is 19.1 Å². The highest BCUT2D eigenvalue weighted by Gasteiger charge is 2.14. The fraction of sp³-hybridized carbons (Fsp3) is 0.227. The Morgan fingerprint density at radius 3 is 2.55 bits per heavy atom. The van der Waals surface area contributed by atoms with Crippen LogP contribution in [0.5, 0.6) is 5.75 Å². The van der Waals surface area contributed by atoms with Crippen LogP contribution in [0.2, 0.25) is 0 Å². The standard InChI is InChI=1S/C22H22FN3O3/c1-3-17-13-21(28)26(22(25-17)15-6-5-7-16(23)12-15)14-20(27)24-18-8-10-19(11-9-18)29-4-2/h5-13H,3-4,14H2,1-2H3,(H,24,27). The number of nitrogens with one attached hydrogen (secondary N) is 1. The average molecular weight is 395 g/mol. The topological polar surface area (TPSA) is 73.2 Å². The summed E-state index contributed by atoms with van der Waals surface area (Å²) in [5.74, 6) is 0.133. The molecule has 0 aliphatic rings. The molecule has 1 aromatic heterocycles. The van der Waals surface area contributed by atoms with Crippen molar-refractivity contribution in [2.75, 3.05) is 11.9 Å². The third-order valence-corrected chi connectivity index (χ3v) is 4.26. The van der Waals surface area contributed by atoms with Gasteiger partial charge in [0.1, 0.15) is 23.9 Å². The van der Waals surface area contributed by atoms with E-state index in [4.69, 9.17) is 4.74 Å². The zero-order valence-corrected chi connectivity index (χ0v) is 16.3. The van der Waals surface area contributed by atoms with Crippen molar-refractivity contribution in [3.8, 4) is 17.1 Å². The molecule has 150 valence electrons. The summed E-state index contributed by atoms with van der Waals surface area (Å²) in [6.07, 6.45) is 0.552. The molecule has 1 N–H and O–H groups in total. The van der Waals surface area contributed by atoms with Crippen molar-refractivity contribution in [3.63, 3.8) is 0 Å². The predicted molar refractivity (Wildman–Crippen MR) is 110 cm³/mol. The summed E-state index contributed by atoms with van der Waals surface area (Å²) in [6, 6.07) is 14.1. The molecular weight excluding hydrogens is 373 g/mol. The first kappa shape index (κ1) is 20.3. The van der Waals surface area contributed by atoms with Gasteiger partial charge in [0.2, 0.25) is 5.91 Å². The van der Waals surface area contributed by atoms with E-state index in [1.165, 1.54) is 22.8 Å². The van der Waals surface area contributed by atoms with E-state index in [0.29, 0.717) is 35.7 Å². The number of hydrogen-bond donors (Lipinski definition) is 1. The number of carbonyl (C=O) groups excluding carboxylic acids is 1. The average Bonchev–Trinajstić information content (AvgIpc) is 2.71. The zero-order chi connectivity index (χ0) is 20.8. The number of carbonyl (C=O) groups is 1. The Hall–Kier alpha value is -3.48. The molecule has 0 atom stereocenters. The van der Waals surface area contributed by atoms with Crippen LogP contribution in [0.25, 0.3) is 11.4 Å². The number of rotatable bonds is 7. The van der Waals surface area contributed by atoms with E-state index in [-0.39, 0.29) is 23.8 Å². The van der Waals surface area contributed by atoms with Gasteiger partial charge >= 0.3 is 0 Å². The largest absolute Gasteiger partial charge is 0.494 e. The smallest absolute Gasteiger partial charge is 0.254 e. The molecule has 0 saturated carbocycles. The molecule has 1 amide bonds. The minimum atomic E-state index is -0.441. The van der Waals surface area contributed by atoms with Gasteiger partial charge in [0.05, 0.1) is 6.61 Å². The lowest BCUT2D eigenvalue weighted by atomic mass is 10.2. The number of ether oxygens (including phenoxy) is 1. The van der Waals surface area contributed by atoms with E-state index in [9.17, 15) is 14.0 Å². The Bertz CT molecular complexity index is 1060. The number of aryl methyl sites for hydroxylation is 1. The van der Waals surface area contributed by atoms with Gasteiger partial charge in [-0.05, 0) is 49.7 Å². The van der Waals surface area contributed by atoms with Gasteiger partial charge in [0, 0.05) is 23.0 Å². The van der Waals surface area contributed by atoms with E-state index in [1.807, 2.05) is 13.8 Å². The molecule has 0 bridgehead atoms. The molecule has 2 aromatic carbocycles. The molecular formula is C22H22FN3O3. The minimum absolute atomic E-state index is 0.241. The summed E-state index contributed by atoms with van der Waals surface area (Å²) >= 11 is 0. The van der Waals surface area contributed by atoms with E-state index in [1.54, 1.807) is 36.4 Å². The molecule has 0 saturated heterocycles. The molecule has 7 heteroatoms. The van der Waals surface area contributed by atoms with Crippen LogP contribution in [-0.2, 0) is 17.8 Å². The molecule has 0 fully saturated rings. The maximum absolute atomic E-state index is 13.7. The van der Waals surface area contributed by atoms with E-state index in [0.717, 1.165) is 0 Å². The van der Waals surface area contributed by atoms with Crippen molar-refractivity contribution < 1.29 is 13.9 Å². The fourth-order valence-electron chi connectivity index (χ4n) is 2.88. The summed E-state index contributed by atoms with van der Waals surface area (Å²) in [4.78, 5) is 29.6. The molecule has 0 unspecified atom stereocenters. The summed E-state index contributed by atoms with van der Waals surface area (Å²) in [5.41, 5.74) is 1.23. The highest BCUT2D eigenvalue weighted by Crippen LogP contribution is 2.19. The first-order chi connectivity index (χ1) is 14.0. The number of nitrogens with zero attached hydrogens (tertiary/aromatic N) is 2. The lowest BCUT2D eigenvalue weighted by molar-refractivity contribution is -0.116. The summed E-state index contributed by atoms with van der Waals surface area (Å²) in [5, 5.41) is 2.75. The van der Waals surface area contributed by atoms with Crippen molar-refractivity contribution in [1.29, 1.82) is 0 Å². The van der Waals surface area contributed by atoms with Crippen LogP contribution in [0.4, 0.5) is 10.1 Å². The summed E-state index contributed by atoms with van der Waals surface area (Å²) in [6.45, 7) is 4.08. The second-order valence-electron chi connectivity index (χ2n) is 6.36. The quantitative estimate of drug-likeness (QED) is 0.663. The highest BCUT2D eigenvalue weighted by molar-refractivity contribution is 5.90. The van der Waals surface area contributed by atoms with Crippen molar-refractivity contribution in [1.82, 2.24) is 9.55 Å². The van der Waals surface area contributed by atoms with Gasteiger partial charge < -0.3 is 10.1 Å². The van der Waals surface area contributed by atoms with Crippen LogP contribution in [0, 0.1) is 5.82 Å². The second-order valence-corrected chi connectivity index (χ2v) is 6.36. The van der Waals surface area contributed by atoms with Crippen LogP contribution in [0.1, 0.15) is 19.5 Å². The van der Waals surface area contributed by atoms with Crippen LogP contribution in [0.3, 0.4) is 0 Å². The van der Waals surface area contributed by atoms with Gasteiger partial charge in [-0.15, -0.1) is 0 Å². The van der Waals surface area contributed by atoms with E-state index in [2.05, 4.69) is 10.3 Å². The Labute approximate surface area is 168 Å². The minimum Gasteiger partial charge on any atom is -0.494 e. The Kier molecular flexibility index (Phi) is 6.39. The third kappa shape index (κ3) is 5.07. The van der Waals surface area contributed by atoms with E-state index >= 15 is 0 Å². The number of benzene rings is 2. The molecule has 0 aliphatic carbocycles. The monoisotopic (exact) mass is 395 g/mol. The molecule has 0 aliphatic heterocycles. The number of hydrogen-bond acceptors (Lipinski definition) is 4. The summed E-state index contributed by atoms with van der Waals surface area (Å²) < 4.78 is 20.3. The lowest BCUT2D eigenvalue weighted by Gasteiger charge is -2.14. The van der Waals surface area contributed by atoms with Gasteiger partial charge in [0.15, 0.2) is 0 Å². The Morgan fingerprint density at radius 2 is 1.90 bits per heavy atom. The zero-order valence-electron chi connectivity index (χ0n) is 16.3. The maximum atomic E-state index is 13.7. The lowest BCUT2D eigenvalue weighted by Crippen LogP contribution is -2.30. The van der Waals surface area contributed by atoms with Crippen LogP contribution in [-0.4, -0.2) is 22.1 Å². The molecule has 3 aromatic rings. The second kappa shape index (κ2) is 9.14. The van der Waals surface area contributed by atoms with Gasteiger partial charge in [0.25, 0.3) is 5.56 Å². The molecule has 3 rings (SSSR count). The van der Waals surface area contributed by atoms with Crippen molar-refractivity contribution in [3.05, 3.63) is 76.5 Å². The molecule has 1 heterocycles. The summed E-state index contributed by atoms with van der Waals surface area (Å²) in [7, 11) is 0. The van der Waals surface area contributed by atoms with Crippen LogP contribution < -0.4 is 15.6 Å². The molecule has 0 spiro atoms. The molecule has 0 radical (unpaired) electrons. The fourth-order valence-corrected chi connectivity index (χ4v) is 2.88. The van der Waals surface area contributed by atoms with Gasteiger partial charge in [-0.25, -0.2) is 9.37 Å². The van der Waals surface area contributed by atoms with Crippen LogP contribution in [0.15, 0.2) is 59.4 Å². The number of halogens is 1. The third-order valence-electron chi connectivity index (χ3n) is 4.26.